The van der Waals surface area contributed by atoms with E-state index in [1.165, 1.54) is 6.07 Å². The molecule has 0 unspecified atom stereocenters. The third-order valence-electron chi connectivity index (χ3n) is 3.50. The van der Waals surface area contributed by atoms with Gasteiger partial charge in [0, 0.05) is 17.3 Å². The Morgan fingerprint density at radius 3 is 2.87 bits per heavy atom. The van der Waals surface area contributed by atoms with Crippen molar-refractivity contribution < 1.29 is 9.13 Å². The largest absolute Gasteiger partial charge is 0.492 e. The molecule has 3 rings (SSSR count). The molecule has 1 heterocycles. The lowest BCUT2D eigenvalue weighted by molar-refractivity contribution is 0.291. The van der Waals surface area contributed by atoms with Gasteiger partial charge in [0.2, 0.25) is 0 Å². The van der Waals surface area contributed by atoms with Gasteiger partial charge >= 0.3 is 0 Å². The van der Waals surface area contributed by atoms with Crippen molar-refractivity contribution >= 4 is 5.69 Å². The second-order valence-corrected chi connectivity index (χ2v) is 5.23. The number of aryl methyl sites for hydroxylation is 1. The molecule has 6 heteroatoms. The minimum atomic E-state index is -0.224. The van der Waals surface area contributed by atoms with Gasteiger partial charge in [-0.3, -0.25) is 0 Å². The van der Waals surface area contributed by atoms with Crippen LogP contribution in [0.3, 0.4) is 0 Å². The quantitative estimate of drug-likeness (QED) is 0.735. The molecule has 0 bridgehead atoms. The molecule has 23 heavy (non-hydrogen) atoms. The minimum Gasteiger partial charge on any atom is -0.492 e. The lowest BCUT2D eigenvalue weighted by Crippen LogP contribution is -2.11. The summed E-state index contributed by atoms with van der Waals surface area (Å²) < 4.78 is 20.8. The SMILES string of the molecule is Cc1cc(-c2cnnn2CCOc2cccc(N)c2)ccc1F. The highest BCUT2D eigenvalue weighted by molar-refractivity contribution is 5.59. The molecule has 0 aliphatic rings. The number of benzene rings is 2. The monoisotopic (exact) mass is 312 g/mol. The highest BCUT2D eigenvalue weighted by Gasteiger charge is 2.08. The number of anilines is 1. The van der Waals surface area contributed by atoms with Gasteiger partial charge in [-0.25, -0.2) is 9.07 Å². The molecule has 5 nitrogen and oxygen atoms in total. The molecule has 0 atom stereocenters. The fraction of sp³-hybridized carbons (Fsp3) is 0.176. The summed E-state index contributed by atoms with van der Waals surface area (Å²) in [5, 5.41) is 8.00. The maximum absolute atomic E-state index is 13.4. The van der Waals surface area contributed by atoms with E-state index in [0.29, 0.717) is 30.2 Å². The number of nitrogen functional groups attached to an aromatic ring is 1. The molecule has 0 spiro atoms. The molecule has 2 aromatic carbocycles. The Balaban J connectivity index is 1.70. The number of nitrogens with two attached hydrogens (primary N) is 1. The summed E-state index contributed by atoms with van der Waals surface area (Å²) in [6.45, 7) is 2.69. The van der Waals surface area contributed by atoms with Crippen molar-refractivity contribution in [1.29, 1.82) is 0 Å². The molecule has 0 radical (unpaired) electrons. The smallest absolute Gasteiger partial charge is 0.126 e. The third kappa shape index (κ3) is 3.48. The third-order valence-corrected chi connectivity index (χ3v) is 3.50. The van der Waals surface area contributed by atoms with Crippen LogP contribution in [0.4, 0.5) is 10.1 Å². The van der Waals surface area contributed by atoms with Crippen molar-refractivity contribution in [1.82, 2.24) is 15.0 Å². The Morgan fingerprint density at radius 2 is 2.09 bits per heavy atom. The number of aromatic nitrogens is 3. The van der Waals surface area contributed by atoms with Crippen LogP contribution >= 0.6 is 0 Å². The molecular weight excluding hydrogens is 295 g/mol. The average Bonchev–Trinajstić information content (AvgIpc) is 2.99. The van der Waals surface area contributed by atoms with Gasteiger partial charge in [0.25, 0.3) is 0 Å². The second kappa shape index (κ2) is 6.48. The van der Waals surface area contributed by atoms with Crippen LogP contribution in [0.25, 0.3) is 11.3 Å². The summed E-state index contributed by atoms with van der Waals surface area (Å²) in [6.07, 6.45) is 1.66. The van der Waals surface area contributed by atoms with Gasteiger partial charge < -0.3 is 10.5 Å². The van der Waals surface area contributed by atoms with Crippen LogP contribution in [0.15, 0.2) is 48.7 Å². The summed E-state index contributed by atoms with van der Waals surface area (Å²) in [5.74, 6) is 0.488. The Bertz CT molecular complexity index is 816. The molecule has 0 saturated carbocycles. The highest BCUT2D eigenvalue weighted by Crippen LogP contribution is 2.21. The van der Waals surface area contributed by atoms with Gasteiger partial charge in [-0.05, 0) is 42.8 Å². The second-order valence-electron chi connectivity index (χ2n) is 5.23. The first-order valence-electron chi connectivity index (χ1n) is 7.27. The van der Waals surface area contributed by atoms with Gasteiger partial charge in [0.1, 0.15) is 18.2 Å². The first kappa shape index (κ1) is 15.0. The molecule has 0 fully saturated rings. The lowest BCUT2D eigenvalue weighted by Gasteiger charge is -2.09. The molecule has 118 valence electrons. The lowest BCUT2D eigenvalue weighted by atomic mass is 10.1. The van der Waals surface area contributed by atoms with Crippen LogP contribution < -0.4 is 10.5 Å². The van der Waals surface area contributed by atoms with E-state index in [9.17, 15) is 4.39 Å². The van der Waals surface area contributed by atoms with Gasteiger partial charge in [-0.2, -0.15) is 0 Å². The number of hydrogen-bond donors (Lipinski definition) is 1. The molecule has 3 aromatic rings. The van der Waals surface area contributed by atoms with Crippen LogP contribution in [0.1, 0.15) is 5.56 Å². The molecule has 0 aliphatic heterocycles. The van der Waals surface area contributed by atoms with E-state index in [1.54, 1.807) is 42.1 Å². The number of nitrogens with zero attached hydrogens (tertiary/aromatic N) is 3. The number of ether oxygens (including phenoxy) is 1. The van der Waals surface area contributed by atoms with E-state index >= 15 is 0 Å². The maximum Gasteiger partial charge on any atom is 0.126 e. The molecule has 0 amide bonds. The van der Waals surface area contributed by atoms with Crippen LogP contribution in [-0.2, 0) is 6.54 Å². The zero-order valence-corrected chi connectivity index (χ0v) is 12.7. The van der Waals surface area contributed by atoms with E-state index in [-0.39, 0.29) is 5.82 Å². The Kier molecular flexibility index (Phi) is 4.23. The van der Waals surface area contributed by atoms with Crippen molar-refractivity contribution in [3.8, 4) is 17.0 Å². The average molecular weight is 312 g/mol. The van der Waals surface area contributed by atoms with Crippen LogP contribution in [0.5, 0.6) is 5.75 Å². The standard InChI is InChI=1S/C17H17FN4O/c1-12-9-13(5-6-16(12)18)17-11-20-21-22(17)7-8-23-15-4-2-3-14(19)10-15/h2-6,9-11H,7-8,19H2,1H3. The molecule has 2 N–H and O–H groups in total. The predicted molar refractivity (Wildman–Crippen MR) is 86.5 cm³/mol. The van der Waals surface area contributed by atoms with Crippen molar-refractivity contribution in [2.24, 2.45) is 0 Å². The van der Waals surface area contributed by atoms with E-state index in [2.05, 4.69) is 10.3 Å². The number of halogens is 1. The van der Waals surface area contributed by atoms with Gasteiger partial charge in [0.15, 0.2) is 0 Å². The molecule has 0 saturated heterocycles. The zero-order valence-electron chi connectivity index (χ0n) is 12.7. The Morgan fingerprint density at radius 1 is 1.22 bits per heavy atom. The van der Waals surface area contributed by atoms with E-state index in [1.807, 2.05) is 12.1 Å². The fourth-order valence-electron chi connectivity index (χ4n) is 2.30. The van der Waals surface area contributed by atoms with E-state index in [4.69, 9.17) is 10.5 Å². The Labute approximate surface area is 133 Å². The highest BCUT2D eigenvalue weighted by atomic mass is 19.1. The minimum absolute atomic E-state index is 0.224. The topological polar surface area (TPSA) is 66.0 Å². The van der Waals surface area contributed by atoms with Crippen molar-refractivity contribution in [3.05, 3.63) is 60.0 Å². The van der Waals surface area contributed by atoms with E-state index < -0.39 is 0 Å². The number of rotatable bonds is 5. The first-order valence-corrected chi connectivity index (χ1v) is 7.27. The molecular formula is C17H17FN4O. The summed E-state index contributed by atoms with van der Waals surface area (Å²) in [6, 6.07) is 12.2. The summed E-state index contributed by atoms with van der Waals surface area (Å²) in [4.78, 5) is 0. The first-order chi connectivity index (χ1) is 11.1. The zero-order chi connectivity index (χ0) is 16.2. The van der Waals surface area contributed by atoms with Crippen LogP contribution in [0.2, 0.25) is 0 Å². The summed E-state index contributed by atoms with van der Waals surface area (Å²) >= 11 is 0. The number of hydrogen-bond acceptors (Lipinski definition) is 4. The molecule has 0 aliphatic carbocycles. The van der Waals surface area contributed by atoms with Crippen molar-refractivity contribution in [3.63, 3.8) is 0 Å². The van der Waals surface area contributed by atoms with Crippen LogP contribution in [0, 0.1) is 12.7 Å². The Hall–Kier alpha value is -2.89. The molecule has 1 aromatic heterocycles. The normalized spacial score (nSPS) is 10.7. The summed E-state index contributed by atoms with van der Waals surface area (Å²) in [7, 11) is 0. The van der Waals surface area contributed by atoms with Gasteiger partial charge in [-0.15, -0.1) is 5.10 Å². The predicted octanol–water partition coefficient (Wildman–Crippen LogP) is 3.05. The van der Waals surface area contributed by atoms with Gasteiger partial charge in [0.05, 0.1) is 18.4 Å². The van der Waals surface area contributed by atoms with Crippen LogP contribution in [-0.4, -0.2) is 21.6 Å². The maximum atomic E-state index is 13.4. The van der Waals surface area contributed by atoms with Crippen molar-refractivity contribution in [2.45, 2.75) is 13.5 Å². The van der Waals surface area contributed by atoms with E-state index in [0.717, 1.165) is 11.3 Å². The fourth-order valence-corrected chi connectivity index (χ4v) is 2.30. The van der Waals surface area contributed by atoms with Crippen molar-refractivity contribution in [2.75, 3.05) is 12.3 Å². The van der Waals surface area contributed by atoms with Gasteiger partial charge in [-0.1, -0.05) is 11.3 Å². The summed E-state index contributed by atoms with van der Waals surface area (Å²) in [5.41, 5.74) is 8.66.